The Kier molecular flexibility index (Phi) is 9.24. The second-order valence-corrected chi connectivity index (χ2v) is 3.94. The van der Waals surface area contributed by atoms with Gasteiger partial charge in [0.25, 0.3) is 0 Å². The van der Waals surface area contributed by atoms with Crippen molar-refractivity contribution in [3.63, 3.8) is 0 Å². The van der Waals surface area contributed by atoms with Crippen molar-refractivity contribution in [2.75, 3.05) is 20.3 Å². The lowest BCUT2D eigenvalue weighted by Crippen LogP contribution is -2.43. The van der Waals surface area contributed by atoms with Crippen LogP contribution < -0.4 is 5.32 Å². The Hall–Kier alpha value is -0.610. The first-order valence-corrected chi connectivity index (χ1v) is 6.07. The van der Waals surface area contributed by atoms with Gasteiger partial charge in [0.1, 0.15) is 6.04 Å². The molecular weight excluding hydrogens is 206 g/mol. The largest absolute Gasteiger partial charge is 0.465 e. The van der Waals surface area contributed by atoms with Crippen LogP contribution in [0.2, 0.25) is 0 Å². The molecule has 0 spiro atoms. The van der Waals surface area contributed by atoms with Crippen molar-refractivity contribution >= 4 is 5.97 Å². The molecule has 0 aromatic carbocycles. The summed E-state index contributed by atoms with van der Waals surface area (Å²) >= 11 is 0. The molecule has 0 aliphatic rings. The van der Waals surface area contributed by atoms with Crippen LogP contribution in [-0.4, -0.2) is 38.4 Å². The quantitative estimate of drug-likeness (QED) is 0.614. The molecule has 2 atom stereocenters. The monoisotopic (exact) mass is 231 g/mol. The molecule has 4 heteroatoms. The smallest absolute Gasteiger partial charge is 0.323 e. The Labute approximate surface area is 98.7 Å². The van der Waals surface area contributed by atoms with Gasteiger partial charge in [0.15, 0.2) is 0 Å². The molecule has 0 heterocycles. The number of carbonyl (C=O) groups excluding carboxylic acids is 1. The summed E-state index contributed by atoms with van der Waals surface area (Å²) in [7, 11) is 1.68. The highest BCUT2D eigenvalue weighted by Gasteiger charge is 2.20. The summed E-state index contributed by atoms with van der Waals surface area (Å²) in [4.78, 5) is 11.6. The molecule has 16 heavy (non-hydrogen) atoms. The summed E-state index contributed by atoms with van der Waals surface area (Å²) < 4.78 is 10.0. The lowest BCUT2D eigenvalue weighted by Gasteiger charge is -2.21. The Morgan fingerprint density at radius 3 is 2.50 bits per heavy atom. The number of hydrogen-bond donors (Lipinski definition) is 1. The van der Waals surface area contributed by atoms with E-state index in [1.807, 2.05) is 6.92 Å². The summed E-state index contributed by atoms with van der Waals surface area (Å²) in [6.07, 6.45) is 2.68. The van der Waals surface area contributed by atoms with Gasteiger partial charge in [0, 0.05) is 19.8 Å². The number of esters is 1. The predicted molar refractivity (Wildman–Crippen MR) is 64.4 cm³/mol. The van der Waals surface area contributed by atoms with Crippen LogP contribution in [0.4, 0.5) is 0 Å². The van der Waals surface area contributed by atoms with Crippen LogP contribution in [0.1, 0.15) is 40.0 Å². The zero-order chi connectivity index (χ0) is 12.4. The summed E-state index contributed by atoms with van der Waals surface area (Å²) in [5.74, 6) is -0.145. The van der Waals surface area contributed by atoms with E-state index in [2.05, 4.69) is 19.2 Å². The highest BCUT2D eigenvalue weighted by molar-refractivity contribution is 5.75. The van der Waals surface area contributed by atoms with Crippen molar-refractivity contribution in [2.45, 2.75) is 52.1 Å². The van der Waals surface area contributed by atoms with Gasteiger partial charge in [-0.05, 0) is 26.7 Å². The summed E-state index contributed by atoms with van der Waals surface area (Å²) in [5, 5.41) is 3.28. The molecule has 1 N–H and O–H groups in total. The van der Waals surface area contributed by atoms with Gasteiger partial charge >= 0.3 is 5.97 Å². The zero-order valence-electron chi connectivity index (χ0n) is 10.9. The van der Waals surface area contributed by atoms with Gasteiger partial charge in [-0.1, -0.05) is 13.3 Å². The van der Waals surface area contributed by atoms with Crippen LogP contribution in [0.25, 0.3) is 0 Å². The van der Waals surface area contributed by atoms with E-state index in [0.717, 1.165) is 19.3 Å². The summed E-state index contributed by atoms with van der Waals surface area (Å²) in [5.41, 5.74) is 0. The van der Waals surface area contributed by atoms with E-state index in [0.29, 0.717) is 13.2 Å². The van der Waals surface area contributed by atoms with Crippen LogP contribution >= 0.6 is 0 Å². The highest BCUT2D eigenvalue weighted by Crippen LogP contribution is 2.03. The molecular formula is C12H25NO3. The Morgan fingerprint density at radius 1 is 1.31 bits per heavy atom. The van der Waals surface area contributed by atoms with Gasteiger partial charge in [-0.2, -0.15) is 0 Å². The minimum atomic E-state index is -0.184. The van der Waals surface area contributed by atoms with Crippen molar-refractivity contribution in [2.24, 2.45) is 0 Å². The second kappa shape index (κ2) is 9.60. The zero-order valence-corrected chi connectivity index (χ0v) is 10.9. The number of hydrogen-bond acceptors (Lipinski definition) is 4. The Morgan fingerprint density at radius 2 is 2.00 bits per heavy atom. The third kappa shape index (κ3) is 6.80. The van der Waals surface area contributed by atoms with Crippen molar-refractivity contribution in [3.05, 3.63) is 0 Å². The lowest BCUT2D eigenvalue weighted by molar-refractivity contribution is -0.146. The van der Waals surface area contributed by atoms with Crippen LogP contribution in [0.3, 0.4) is 0 Å². The molecule has 0 aliphatic heterocycles. The van der Waals surface area contributed by atoms with Crippen LogP contribution in [0, 0.1) is 0 Å². The van der Waals surface area contributed by atoms with E-state index in [1.54, 1.807) is 7.11 Å². The molecule has 2 unspecified atom stereocenters. The van der Waals surface area contributed by atoms with E-state index >= 15 is 0 Å². The SMILES string of the molecule is CCCC(NC(C)CCOC)C(=O)OCC. The van der Waals surface area contributed by atoms with Crippen LogP contribution in [0.15, 0.2) is 0 Å². The van der Waals surface area contributed by atoms with Crippen molar-refractivity contribution in [1.82, 2.24) is 5.32 Å². The molecule has 0 saturated carbocycles. The molecule has 0 aliphatic carbocycles. The minimum absolute atomic E-state index is 0.145. The standard InChI is InChI=1S/C12H25NO3/c1-5-7-11(12(14)16-6-2)13-10(3)8-9-15-4/h10-11,13H,5-9H2,1-4H3. The van der Waals surface area contributed by atoms with Crippen molar-refractivity contribution in [1.29, 1.82) is 0 Å². The summed E-state index contributed by atoms with van der Waals surface area (Å²) in [6.45, 7) is 7.09. The first-order chi connectivity index (χ1) is 7.65. The van der Waals surface area contributed by atoms with E-state index in [4.69, 9.17) is 9.47 Å². The van der Waals surface area contributed by atoms with E-state index in [1.165, 1.54) is 0 Å². The number of nitrogens with one attached hydrogen (secondary N) is 1. The maximum Gasteiger partial charge on any atom is 0.323 e. The summed E-state index contributed by atoms with van der Waals surface area (Å²) in [6, 6.07) is 0.0812. The topological polar surface area (TPSA) is 47.6 Å². The van der Waals surface area contributed by atoms with Gasteiger partial charge < -0.3 is 14.8 Å². The first kappa shape index (κ1) is 15.4. The predicted octanol–water partition coefficient (Wildman–Crippen LogP) is 1.73. The van der Waals surface area contributed by atoms with Crippen LogP contribution in [0.5, 0.6) is 0 Å². The third-order valence-corrected chi connectivity index (χ3v) is 2.39. The molecule has 0 fully saturated rings. The fourth-order valence-electron chi connectivity index (χ4n) is 1.52. The second-order valence-electron chi connectivity index (χ2n) is 3.94. The van der Waals surface area contributed by atoms with Gasteiger partial charge in [0.05, 0.1) is 6.61 Å². The maximum atomic E-state index is 11.6. The van der Waals surface area contributed by atoms with Crippen molar-refractivity contribution < 1.29 is 14.3 Å². The first-order valence-electron chi connectivity index (χ1n) is 6.07. The van der Waals surface area contributed by atoms with Gasteiger partial charge in [0.2, 0.25) is 0 Å². The van der Waals surface area contributed by atoms with Crippen LogP contribution in [-0.2, 0) is 14.3 Å². The normalized spacial score (nSPS) is 14.5. The van der Waals surface area contributed by atoms with Crippen molar-refractivity contribution in [3.8, 4) is 0 Å². The molecule has 4 nitrogen and oxygen atoms in total. The maximum absolute atomic E-state index is 11.6. The Bertz CT molecular complexity index is 185. The van der Waals surface area contributed by atoms with Gasteiger partial charge in [-0.3, -0.25) is 4.79 Å². The molecule has 0 saturated heterocycles. The number of methoxy groups -OCH3 is 1. The minimum Gasteiger partial charge on any atom is -0.465 e. The molecule has 96 valence electrons. The fraction of sp³-hybridized carbons (Fsp3) is 0.917. The van der Waals surface area contributed by atoms with E-state index in [9.17, 15) is 4.79 Å². The van der Waals surface area contributed by atoms with E-state index < -0.39 is 0 Å². The van der Waals surface area contributed by atoms with Gasteiger partial charge in [-0.25, -0.2) is 0 Å². The average molecular weight is 231 g/mol. The fourth-order valence-corrected chi connectivity index (χ4v) is 1.52. The number of rotatable bonds is 9. The average Bonchev–Trinajstić information content (AvgIpc) is 2.26. The third-order valence-electron chi connectivity index (χ3n) is 2.39. The number of ether oxygens (including phenoxy) is 2. The van der Waals surface area contributed by atoms with E-state index in [-0.39, 0.29) is 18.1 Å². The highest BCUT2D eigenvalue weighted by atomic mass is 16.5. The molecule has 0 aromatic rings. The Balaban J connectivity index is 4.04. The molecule has 0 amide bonds. The lowest BCUT2D eigenvalue weighted by atomic mass is 10.1. The molecule has 0 rings (SSSR count). The van der Waals surface area contributed by atoms with Gasteiger partial charge in [-0.15, -0.1) is 0 Å². The molecule has 0 bridgehead atoms. The molecule has 0 aromatic heterocycles. The molecule has 0 radical (unpaired) electrons. The number of carbonyl (C=O) groups is 1.